The van der Waals surface area contributed by atoms with Crippen LogP contribution >= 0.6 is 23.5 Å². The number of benzene rings is 4. The second-order valence-electron chi connectivity index (χ2n) is 9.35. The Morgan fingerprint density at radius 2 is 0.976 bits per heavy atom. The topological polar surface area (TPSA) is 99.3 Å². The fourth-order valence-electron chi connectivity index (χ4n) is 4.70. The van der Waals surface area contributed by atoms with E-state index in [1.807, 2.05) is 12.1 Å². The lowest BCUT2D eigenvalue weighted by atomic mass is 9.93. The molecule has 2 heterocycles. The van der Waals surface area contributed by atoms with Gasteiger partial charge >= 0.3 is 11.9 Å². The maximum atomic E-state index is 9.10. The van der Waals surface area contributed by atoms with Crippen LogP contribution < -0.4 is 0 Å². The first kappa shape index (κ1) is 30.8. The van der Waals surface area contributed by atoms with Crippen molar-refractivity contribution in [2.24, 2.45) is 9.98 Å². The maximum Gasteiger partial charge on any atom is 0.414 e. The SMILES string of the molecule is CSc1ccc2c(c1)CCN=C2c1ccccc1.CSc1ccc2c(c1)CCN=C2c1ccccc1.O=C(O)C(=O)O. The van der Waals surface area contributed by atoms with Crippen molar-refractivity contribution in [2.45, 2.75) is 22.6 Å². The van der Waals surface area contributed by atoms with Crippen molar-refractivity contribution < 1.29 is 19.8 Å². The van der Waals surface area contributed by atoms with Gasteiger partial charge in [0, 0.05) is 45.1 Å². The molecule has 0 fully saturated rings. The zero-order valence-corrected chi connectivity index (χ0v) is 25.1. The molecule has 0 bridgehead atoms. The molecule has 0 amide bonds. The fraction of sp³-hybridized carbons (Fsp3) is 0.176. The van der Waals surface area contributed by atoms with Crippen molar-refractivity contribution in [3.05, 3.63) is 130 Å². The third-order valence-corrected chi connectivity index (χ3v) is 8.17. The van der Waals surface area contributed by atoms with E-state index < -0.39 is 11.9 Å². The van der Waals surface area contributed by atoms with Gasteiger partial charge in [0.2, 0.25) is 0 Å². The van der Waals surface area contributed by atoms with Gasteiger partial charge in [-0.1, -0.05) is 72.8 Å². The van der Waals surface area contributed by atoms with Crippen LogP contribution in [0.25, 0.3) is 0 Å². The Morgan fingerprint density at radius 3 is 1.31 bits per heavy atom. The fourth-order valence-corrected chi connectivity index (χ4v) is 5.63. The molecule has 0 saturated carbocycles. The van der Waals surface area contributed by atoms with Gasteiger partial charge in [-0.15, -0.1) is 23.5 Å². The smallest absolute Gasteiger partial charge is 0.414 e. The van der Waals surface area contributed by atoms with Crippen LogP contribution in [0.5, 0.6) is 0 Å². The van der Waals surface area contributed by atoms with E-state index in [1.54, 1.807) is 23.5 Å². The highest BCUT2D eigenvalue weighted by Crippen LogP contribution is 2.26. The maximum absolute atomic E-state index is 9.10. The molecule has 2 aliphatic heterocycles. The Balaban J connectivity index is 0.000000162. The molecule has 0 atom stereocenters. The molecule has 2 N–H and O–H groups in total. The summed E-state index contributed by atoms with van der Waals surface area (Å²) in [6.45, 7) is 1.80. The third kappa shape index (κ3) is 7.99. The largest absolute Gasteiger partial charge is 0.473 e. The van der Waals surface area contributed by atoms with Crippen LogP contribution in [0.1, 0.15) is 33.4 Å². The van der Waals surface area contributed by atoms with Crippen LogP contribution in [-0.2, 0) is 22.4 Å². The predicted molar refractivity (Wildman–Crippen MR) is 173 cm³/mol. The van der Waals surface area contributed by atoms with E-state index in [2.05, 4.69) is 97.4 Å². The average molecular weight is 597 g/mol. The average Bonchev–Trinajstić information content (AvgIpc) is 3.05. The standard InChI is InChI=1S/2C16H15NS.C2H2O4/c2*1-18-14-7-8-15-13(11-14)9-10-17-16(15)12-5-3-2-4-6-12;3-1(4)2(5)6/h2*2-8,11H,9-10H2,1H3;(H,3,4)(H,5,6). The molecule has 0 spiro atoms. The highest BCUT2D eigenvalue weighted by molar-refractivity contribution is 7.98. The normalized spacial score (nSPS) is 13.0. The highest BCUT2D eigenvalue weighted by atomic mass is 32.2. The minimum Gasteiger partial charge on any atom is -0.473 e. The molecule has 8 heteroatoms. The van der Waals surface area contributed by atoms with E-state index in [9.17, 15) is 0 Å². The molecule has 6 nitrogen and oxygen atoms in total. The number of hydrogen-bond acceptors (Lipinski definition) is 6. The van der Waals surface area contributed by atoms with Crippen LogP contribution in [0.3, 0.4) is 0 Å². The second-order valence-corrected chi connectivity index (χ2v) is 11.1. The number of carbonyl (C=O) groups is 2. The summed E-state index contributed by atoms with van der Waals surface area (Å²) in [5.41, 5.74) is 10.2. The van der Waals surface area contributed by atoms with Crippen molar-refractivity contribution in [1.29, 1.82) is 0 Å². The van der Waals surface area contributed by atoms with Crippen molar-refractivity contribution >= 4 is 46.9 Å². The first-order valence-corrected chi connectivity index (χ1v) is 15.9. The number of rotatable bonds is 4. The molecule has 0 unspecified atom stereocenters. The number of hydrogen-bond donors (Lipinski definition) is 2. The Labute approximate surface area is 254 Å². The molecule has 0 aromatic heterocycles. The Bertz CT molecular complexity index is 1480. The van der Waals surface area contributed by atoms with Gasteiger partial charge < -0.3 is 10.2 Å². The summed E-state index contributed by atoms with van der Waals surface area (Å²) >= 11 is 3.60. The van der Waals surface area contributed by atoms with E-state index in [0.717, 1.165) is 37.4 Å². The summed E-state index contributed by atoms with van der Waals surface area (Å²) in [7, 11) is 0. The molecule has 2 aliphatic rings. The second kappa shape index (κ2) is 15.2. The summed E-state index contributed by atoms with van der Waals surface area (Å²) < 4.78 is 0. The molecular weight excluding hydrogens is 565 g/mol. The summed E-state index contributed by atoms with van der Waals surface area (Å²) in [6, 6.07) is 34.3. The van der Waals surface area contributed by atoms with E-state index in [0.29, 0.717) is 0 Å². The number of aliphatic imine (C=N–C) groups is 2. The third-order valence-electron chi connectivity index (χ3n) is 6.71. The lowest BCUT2D eigenvalue weighted by molar-refractivity contribution is -0.159. The molecule has 0 aliphatic carbocycles. The molecule has 4 aromatic carbocycles. The summed E-state index contributed by atoms with van der Waals surface area (Å²) in [5.74, 6) is -3.65. The van der Waals surface area contributed by atoms with Gasteiger partial charge in [0.15, 0.2) is 0 Å². The Kier molecular flexibility index (Phi) is 11.1. The molecule has 0 radical (unpaired) electrons. The van der Waals surface area contributed by atoms with Gasteiger partial charge in [0.05, 0.1) is 11.4 Å². The minimum atomic E-state index is -1.82. The van der Waals surface area contributed by atoms with Crippen molar-refractivity contribution in [3.8, 4) is 0 Å². The number of aliphatic carboxylic acids is 2. The number of carboxylic acid groups (broad SMARTS) is 2. The van der Waals surface area contributed by atoms with Crippen molar-refractivity contribution in [3.63, 3.8) is 0 Å². The molecule has 214 valence electrons. The zero-order valence-electron chi connectivity index (χ0n) is 23.5. The summed E-state index contributed by atoms with van der Waals surface area (Å²) in [5, 5.41) is 14.8. The van der Waals surface area contributed by atoms with Crippen LogP contribution in [0.15, 0.2) is 117 Å². The lowest BCUT2D eigenvalue weighted by Crippen LogP contribution is -2.14. The number of thioether (sulfide) groups is 2. The zero-order chi connectivity index (χ0) is 29.9. The van der Waals surface area contributed by atoms with Crippen LogP contribution in [0, 0.1) is 0 Å². The minimum absolute atomic E-state index is 0.898. The molecule has 0 saturated heterocycles. The predicted octanol–water partition coefficient (Wildman–Crippen LogP) is 6.76. The van der Waals surface area contributed by atoms with Crippen LogP contribution in [0.4, 0.5) is 0 Å². The van der Waals surface area contributed by atoms with E-state index >= 15 is 0 Å². The van der Waals surface area contributed by atoms with Crippen LogP contribution in [-0.4, -0.2) is 59.2 Å². The van der Waals surface area contributed by atoms with Gasteiger partial charge in [-0.2, -0.15) is 0 Å². The first-order valence-electron chi connectivity index (χ1n) is 13.4. The molecule has 42 heavy (non-hydrogen) atoms. The lowest BCUT2D eigenvalue weighted by Gasteiger charge is -2.18. The van der Waals surface area contributed by atoms with Gasteiger partial charge in [0.25, 0.3) is 0 Å². The van der Waals surface area contributed by atoms with E-state index in [-0.39, 0.29) is 0 Å². The first-order chi connectivity index (χ1) is 20.4. The van der Waals surface area contributed by atoms with Gasteiger partial charge in [-0.05, 0) is 60.7 Å². The highest BCUT2D eigenvalue weighted by Gasteiger charge is 2.17. The quantitative estimate of drug-likeness (QED) is 0.200. The van der Waals surface area contributed by atoms with E-state index in [1.165, 1.54) is 43.2 Å². The Morgan fingerprint density at radius 1 is 0.595 bits per heavy atom. The number of carboxylic acids is 2. The van der Waals surface area contributed by atoms with Gasteiger partial charge in [0.1, 0.15) is 0 Å². The Hall–Kier alpha value is -4.14. The molecular formula is C34H32N2O4S2. The summed E-state index contributed by atoms with van der Waals surface area (Å²) in [4.78, 5) is 30.3. The van der Waals surface area contributed by atoms with Gasteiger partial charge in [-0.25, -0.2) is 9.59 Å². The number of nitrogens with zero attached hydrogens (tertiary/aromatic N) is 2. The van der Waals surface area contributed by atoms with Crippen molar-refractivity contribution in [2.75, 3.05) is 25.6 Å². The van der Waals surface area contributed by atoms with Crippen molar-refractivity contribution in [1.82, 2.24) is 0 Å². The van der Waals surface area contributed by atoms with Crippen LogP contribution in [0.2, 0.25) is 0 Å². The monoisotopic (exact) mass is 596 g/mol. The number of fused-ring (bicyclic) bond motifs is 2. The van der Waals surface area contributed by atoms with E-state index in [4.69, 9.17) is 29.8 Å². The molecule has 6 rings (SSSR count). The molecule has 4 aromatic rings. The van der Waals surface area contributed by atoms with Gasteiger partial charge in [-0.3, -0.25) is 9.98 Å². The summed E-state index contributed by atoms with van der Waals surface area (Å²) in [6.07, 6.45) is 6.35.